The van der Waals surface area contributed by atoms with Crippen LogP contribution < -0.4 is 4.90 Å². The van der Waals surface area contributed by atoms with Crippen LogP contribution in [0, 0.1) is 0 Å². The van der Waals surface area contributed by atoms with Crippen molar-refractivity contribution < 1.29 is 0 Å². The molecular formula is C45H28N6S. The molecule has 6 nitrogen and oxygen atoms in total. The molecule has 10 aromatic rings. The Bertz CT molecular complexity index is 2780. The van der Waals surface area contributed by atoms with E-state index in [-0.39, 0.29) is 0 Å². The van der Waals surface area contributed by atoms with E-state index < -0.39 is 0 Å². The first-order chi connectivity index (χ1) is 25.7. The summed E-state index contributed by atoms with van der Waals surface area (Å²) in [5, 5.41) is 2.46. The molecule has 244 valence electrons. The molecule has 4 heterocycles. The molecule has 0 aliphatic rings. The van der Waals surface area contributed by atoms with Crippen LogP contribution in [0.25, 0.3) is 75.9 Å². The third kappa shape index (κ3) is 5.41. The van der Waals surface area contributed by atoms with Crippen LogP contribution in [0.1, 0.15) is 0 Å². The van der Waals surface area contributed by atoms with Crippen molar-refractivity contribution in [3.8, 4) is 33.5 Å². The molecular weight excluding hydrogens is 657 g/mol. The average Bonchev–Trinajstić information content (AvgIpc) is 3.59. The second-order valence-corrected chi connectivity index (χ2v) is 13.7. The van der Waals surface area contributed by atoms with Crippen LogP contribution in [-0.2, 0) is 0 Å². The second-order valence-electron chi connectivity index (χ2n) is 12.6. The zero-order chi connectivity index (χ0) is 34.4. The smallest absolute Gasteiger partial charge is 0.125 e. The minimum Gasteiger partial charge on any atom is -0.311 e. The Morgan fingerprint density at radius 1 is 0.385 bits per heavy atom. The molecule has 0 bridgehead atoms. The molecule has 0 fully saturated rings. The van der Waals surface area contributed by atoms with E-state index in [9.17, 15) is 0 Å². The van der Waals surface area contributed by atoms with Gasteiger partial charge in [0.2, 0.25) is 0 Å². The van der Waals surface area contributed by atoms with Gasteiger partial charge in [0, 0.05) is 62.9 Å². The maximum Gasteiger partial charge on any atom is 0.125 e. The molecule has 0 saturated carbocycles. The first-order valence-corrected chi connectivity index (χ1v) is 17.9. The molecule has 52 heavy (non-hydrogen) atoms. The number of pyridine rings is 1. The van der Waals surface area contributed by atoms with Crippen LogP contribution in [0.2, 0.25) is 0 Å². The topological polar surface area (TPSA) is 67.7 Å². The molecule has 10 rings (SSSR count). The lowest BCUT2D eigenvalue weighted by atomic mass is 10.0. The molecule has 0 spiro atoms. The van der Waals surface area contributed by atoms with E-state index >= 15 is 0 Å². The van der Waals surface area contributed by atoms with Gasteiger partial charge in [-0.05, 0) is 101 Å². The summed E-state index contributed by atoms with van der Waals surface area (Å²) in [5.74, 6) is 0. The lowest BCUT2D eigenvalue weighted by Crippen LogP contribution is -2.09. The maximum atomic E-state index is 5.08. The van der Waals surface area contributed by atoms with Gasteiger partial charge in [0.15, 0.2) is 0 Å². The van der Waals surface area contributed by atoms with Gasteiger partial charge in [-0.2, -0.15) is 0 Å². The largest absolute Gasteiger partial charge is 0.311 e. The highest BCUT2D eigenvalue weighted by Gasteiger charge is 2.15. The minimum absolute atomic E-state index is 0.880. The van der Waals surface area contributed by atoms with Gasteiger partial charge >= 0.3 is 0 Å². The molecule has 0 radical (unpaired) electrons. The molecule has 0 amide bonds. The molecule has 0 unspecified atom stereocenters. The van der Waals surface area contributed by atoms with Crippen LogP contribution in [0.4, 0.5) is 17.1 Å². The number of thiophene rings is 1. The number of fused-ring (bicyclic) bond motifs is 5. The number of hydrogen-bond donors (Lipinski definition) is 0. The highest BCUT2D eigenvalue weighted by molar-refractivity contribution is 7.25. The molecule has 0 aliphatic carbocycles. The van der Waals surface area contributed by atoms with Crippen molar-refractivity contribution in [3.63, 3.8) is 0 Å². The second kappa shape index (κ2) is 12.5. The molecule has 0 atom stereocenters. The van der Waals surface area contributed by atoms with E-state index in [1.54, 1.807) is 36.1 Å². The van der Waals surface area contributed by atoms with Gasteiger partial charge in [-0.3, -0.25) is 19.9 Å². The lowest BCUT2D eigenvalue weighted by molar-refractivity contribution is 1.28. The zero-order valence-electron chi connectivity index (χ0n) is 27.8. The van der Waals surface area contributed by atoms with E-state index in [1.807, 2.05) is 12.1 Å². The van der Waals surface area contributed by atoms with Crippen molar-refractivity contribution >= 4 is 70.8 Å². The molecule has 6 aromatic carbocycles. The Balaban J connectivity index is 1.02. The Labute approximate surface area is 303 Å². The van der Waals surface area contributed by atoms with E-state index in [4.69, 9.17) is 4.98 Å². The van der Waals surface area contributed by atoms with E-state index in [1.165, 1.54) is 15.5 Å². The van der Waals surface area contributed by atoms with E-state index in [0.29, 0.717) is 0 Å². The first kappa shape index (κ1) is 30.0. The summed E-state index contributed by atoms with van der Waals surface area (Å²) in [6.07, 6.45) is 6.91. The number of nitrogens with zero attached hydrogens (tertiary/aromatic N) is 6. The highest BCUT2D eigenvalue weighted by Crippen LogP contribution is 2.39. The lowest BCUT2D eigenvalue weighted by Gasteiger charge is -2.26. The SMILES string of the molecule is c1ccc2c(c1)sc1nc(-c3ccc(N(c4ccc(-c5ccc6nccnc6c5)cc4)c4ccc(-c5ccc6nccnc6c5)cc4)cc3)ccc12. The predicted molar refractivity (Wildman–Crippen MR) is 214 cm³/mol. The van der Waals surface area contributed by atoms with Gasteiger partial charge < -0.3 is 4.90 Å². The van der Waals surface area contributed by atoms with Gasteiger partial charge in [0.05, 0.1) is 27.8 Å². The zero-order valence-corrected chi connectivity index (χ0v) is 28.6. The monoisotopic (exact) mass is 684 g/mol. The summed E-state index contributed by atoms with van der Waals surface area (Å²) in [6, 6.07) is 51.3. The quantitative estimate of drug-likeness (QED) is 0.174. The van der Waals surface area contributed by atoms with Crippen molar-refractivity contribution in [1.29, 1.82) is 0 Å². The standard InChI is InChI=1S/C45H28N6S/c1-2-4-44-37(3-1)38-19-22-39(50-45(38)52-44)31-9-17-36(18-10-31)51(34-13-5-29(6-14-34)32-11-20-40-42(27-32)48-25-23-46-40)35-15-7-30(8-16-35)33-12-21-41-43(28-33)49-26-24-47-41/h1-28H. The van der Waals surface area contributed by atoms with Crippen molar-refractivity contribution in [2.24, 2.45) is 0 Å². The number of benzene rings is 6. The highest BCUT2D eigenvalue weighted by atomic mass is 32.1. The van der Waals surface area contributed by atoms with Crippen LogP contribution in [0.5, 0.6) is 0 Å². The van der Waals surface area contributed by atoms with Crippen molar-refractivity contribution in [1.82, 2.24) is 24.9 Å². The summed E-state index contributed by atoms with van der Waals surface area (Å²) >= 11 is 1.74. The third-order valence-corrected chi connectivity index (χ3v) is 10.6. The summed E-state index contributed by atoms with van der Waals surface area (Å²) in [5.41, 5.74) is 13.2. The first-order valence-electron chi connectivity index (χ1n) is 17.0. The number of rotatable bonds is 6. The average molecular weight is 685 g/mol. The fourth-order valence-electron chi connectivity index (χ4n) is 6.89. The molecule has 4 aromatic heterocycles. The fraction of sp³-hybridized carbons (Fsp3) is 0. The maximum absolute atomic E-state index is 5.08. The summed E-state index contributed by atoms with van der Waals surface area (Å²) in [6.45, 7) is 0. The van der Waals surface area contributed by atoms with Crippen LogP contribution in [0.15, 0.2) is 170 Å². The Morgan fingerprint density at radius 3 is 1.42 bits per heavy atom. The van der Waals surface area contributed by atoms with Crippen LogP contribution >= 0.6 is 11.3 Å². The number of hydrogen-bond acceptors (Lipinski definition) is 7. The molecule has 0 N–H and O–H groups in total. The summed E-state index contributed by atoms with van der Waals surface area (Å²) in [4.78, 5) is 26.3. The van der Waals surface area contributed by atoms with E-state index in [0.717, 1.165) is 77.5 Å². The number of aromatic nitrogens is 5. The van der Waals surface area contributed by atoms with Crippen LogP contribution in [0.3, 0.4) is 0 Å². The Kier molecular flexibility index (Phi) is 7.22. The molecule has 0 saturated heterocycles. The third-order valence-electron chi connectivity index (χ3n) is 9.52. The van der Waals surface area contributed by atoms with Gasteiger partial charge in [-0.1, -0.05) is 66.7 Å². The Hall–Kier alpha value is -6.83. The fourth-order valence-corrected chi connectivity index (χ4v) is 7.96. The molecule has 0 aliphatic heterocycles. The van der Waals surface area contributed by atoms with Gasteiger partial charge in [-0.25, -0.2) is 4.98 Å². The van der Waals surface area contributed by atoms with E-state index in [2.05, 4.69) is 158 Å². The number of anilines is 3. The Morgan fingerprint density at radius 2 is 0.865 bits per heavy atom. The van der Waals surface area contributed by atoms with Crippen molar-refractivity contribution in [2.45, 2.75) is 0 Å². The summed E-state index contributed by atoms with van der Waals surface area (Å²) in [7, 11) is 0. The normalized spacial score (nSPS) is 11.5. The van der Waals surface area contributed by atoms with Crippen LogP contribution in [-0.4, -0.2) is 24.9 Å². The van der Waals surface area contributed by atoms with Gasteiger partial charge in [0.25, 0.3) is 0 Å². The van der Waals surface area contributed by atoms with Gasteiger partial charge in [-0.15, -0.1) is 11.3 Å². The van der Waals surface area contributed by atoms with Crippen molar-refractivity contribution in [2.75, 3.05) is 4.90 Å². The predicted octanol–water partition coefficient (Wildman–Crippen LogP) is 11.8. The minimum atomic E-state index is 0.880. The van der Waals surface area contributed by atoms with Crippen molar-refractivity contribution in [3.05, 3.63) is 170 Å². The molecule has 7 heteroatoms. The van der Waals surface area contributed by atoms with Gasteiger partial charge in [0.1, 0.15) is 4.83 Å². The summed E-state index contributed by atoms with van der Waals surface area (Å²) < 4.78 is 1.26.